The molecule has 162 valence electrons. The van der Waals surface area contributed by atoms with Gasteiger partial charge in [0.05, 0.1) is 56.8 Å². The molecule has 0 saturated heterocycles. The number of rotatable bonds is 6. The lowest BCUT2D eigenvalue weighted by molar-refractivity contribution is -0.143. The van der Waals surface area contributed by atoms with Crippen molar-refractivity contribution in [3.8, 4) is 22.9 Å². The molecule has 3 aromatic rings. The predicted octanol–water partition coefficient (Wildman–Crippen LogP) is 2.54. The summed E-state index contributed by atoms with van der Waals surface area (Å²) in [5, 5.41) is 3.50. The fourth-order valence-corrected chi connectivity index (χ4v) is 3.69. The Balaban J connectivity index is 1.68. The van der Waals surface area contributed by atoms with Crippen LogP contribution in [0.2, 0.25) is 0 Å². The quantitative estimate of drug-likeness (QED) is 0.602. The number of aryl methyl sites for hydroxylation is 1. The molecule has 2 atom stereocenters. The van der Waals surface area contributed by atoms with Crippen molar-refractivity contribution in [2.75, 3.05) is 26.6 Å². The first-order valence-electron chi connectivity index (χ1n) is 9.50. The highest BCUT2D eigenvalue weighted by atomic mass is 19.1. The highest BCUT2D eigenvalue weighted by Crippen LogP contribution is 2.42. The van der Waals surface area contributed by atoms with Gasteiger partial charge in [-0.3, -0.25) is 9.59 Å². The Morgan fingerprint density at radius 2 is 1.90 bits per heavy atom. The number of esters is 1. The van der Waals surface area contributed by atoms with E-state index >= 15 is 0 Å². The third-order valence-corrected chi connectivity index (χ3v) is 5.42. The lowest BCUT2D eigenvalue weighted by Gasteiger charge is -2.13. The minimum Gasteiger partial charge on any atom is -0.493 e. The number of carbonyl (C=O) groups is 2. The Hall–Kier alpha value is -3.69. The summed E-state index contributed by atoms with van der Waals surface area (Å²) in [5.41, 5.74) is 1.72. The Bertz CT molecular complexity index is 1190. The van der Waals surface area contributed by atoms with Crippen LogP contribution in [0.25, 0.3) is 22.2 Å². The maximum Gasteiger partial charge on any atom is 0.309 e. The van der Waals surface area contributed by atoms with Crippen molar-refractivity contribution in [3.05, 3.63) is 30.3 Å². The van der Waals surface area contributed by atoms with Crippen molar-refractivity contribution in [3.63, 3.8) is 0 Å². The molecule has 0 aromatic carbocycles. The second-order valence-corrected chi connectivity index (χ2v) is 7.20. The Morgan fingerprint density at radius 3 is 2.58 bits per heavy atom. The van der Waals surface area contributed by atoms with Crippen LogP contribution in [0.1, 0.15) is 6.42 Å². The van der Waals surface area contributed by atoms with E-state index in [1.165, 1.54) is 21.3 Å². The van der Waals surface area contributed by atoms with Gasteiger partial charge in [-0.15, -0.1) is 0 Å². The Kier molecular flexibility index (Phi) is 5.22. The van der Waals surface area contributed by atoms with Crippen LogP contribution in [-0.2, 0) is 21.4 Å². The molecular formula is C21H21FN4O5. The van der Waals surface area contributed by atoms with Crippen molar-refractivity contribution in [1.29, 1.82) is 0 Å². The third-order valence-electron chi connectivity index (χ3n) is 5.42. The molecule has 3 heterocycles. The molecule has 1 N–H and O–H groups in total. The second-order valence-electron chi connectivity index (χ2n) is 7.20. The van der Waals surface area contributed by atoms with E-state index in [1.54, 1.807) is 19.3 Å². The number of carbonyl (C=O) groups excluding carboxylic acids is 2. The molecular weight excluding hydrogens is 407 g/mol. The number of nitrogens with zero attached hydrogens (tertiary/aromatic N) is 3. The molecule has 31 heavy (non-hydrogen) atoms. The van der Waals surface area contributed by atoms with Gasteiger partial charge in [0.2, 0.25) is 11.8 Å². The zero-order valence-corrected chi connectivity index (χ0v) is 17.4. The van der Waals surface area contributed by atoms with E-state index in [0.717, 1.165) is 17.1 Å². The van der Waals surface area contributed by atoms with Crippen molar-refractivity contribution in [2.45, 2.75) is 6.42 Å². The number of amides is 1. The molecule has 1 amide bonds. The smallest absolute Gasteiger partial charge is 0.309 e. The van der Waals surface area contributed by atoms with Gasteiger partial charge in [-0.05, 0) is 18.6 Å². The van der Waals surface area contributed by atoms with E-state index in [9.17, 15) is 14.0 Å². The van der Waals surface area contributed by atoms with E-state index in [4.69, 9.17) is 9.47 Å². The molecule has 0 radical (unpaired) electrons. The van der Waals surface area contributed by atoms with Gasteiger partial charge in [0.15, 0.2) is 11.6 Å². The number of pyridine rings is 2. The highest BCUT2D eigenvalue weighted by molar-refractivity contribution is 5.99. The summed E-state index contributed by atoms with van der Waals surface area (Å²) in [5.74, 6) is -1.52. The molecule has 4 rings (SSSR count). The van der Waals surface area contributed by atoms with Gasteiger partial charge in [-0.2, -0.15) is 0 Å². The number of aromatic nitrogens is 3. The standard InChI is InChI=1S/C21H21FN4O5/c1-26-14(17-18(29-2)13(22)8-24-20(17)30-3)5-10-6-16(23-9-15(10)26)25-19(27)11-7-12(11)21(28)31-4/h5-6,8-9,11-12H,7H2,1-4H3,(H,23,25,27)/t11-,12-/m0/s1. The van der Waals surface area contributed by atoms with Gasteiger partial charge in [0, 0.05) is 12.4 Å². The van der Waals surface area contributed by atoms with Crippen LogP contribution < -0.4 is 14.8 Å². The fourth-order valence-electron chi connectivity index (χ4n) is 3.69. The van der Waals surface area contributed by atoms with E-state index in [1.807, 2.05) is 10.6 Å². The number of hydrogen-bond donors (Lipinski definition) is 1. The number of nitrogens with one attached hydrogen (secondary N) is 1. The van der Waals surface area contributed by atoms with Crippen LogP contribution in [-0.4, -0.2) is 47.7 Å². The highest BCUT2D eigenvalue weighted by Gasteiger charge is 2.49. The molecule has 0 spiro atoms. The normalized spacial score (nSPS) is 17.3. The number of fused-ring (bicyclic) bond motifs is 1. The van der Waals surface area contributed by atoms with Crippen LogP contribution in [0.5, 0.6) is 11.6 Å². The summed E-state index contributed by atoms with van der Waals surface area (Å²) in [4.78, 5) is 32.2. The summed E-state index contributed by atoms with van der Waals surface area (Å²) in [6.45, 7) is 0. The fraction of sp³-hybridized carbons (Fsp3) is 0.333. The number of anilines is 1. The van der Waals surface area contributed by atoms with E-state index in [0.29, 0.717) is 23.5 Å². The molecule has 1 aliphatic rings. The minimum absolute atomic E-state index is 0.0156. The van der Waals surface area contributed by atoms with E-state index in [-0.39, 0.29) is 23.5 Å². The molecule has 0 unspecified atom stereocenters. The number of hydrogen-bond acceptors (Lipinski definition) is 7. The second kappa shape index (κ2) is 7.86. The maximum absolute atomic E-state index is 14.3. The van der Waals surface area contributed by atoms with Crippen molar-refractivity contribution >= 4 is 28.6 Å². The molecule has 0 aliphatic heterocycles. The lowest BCUT2D eigenvalue weighted by Crippen LogP contribution is -2.18. The summed E-state index contributed by atoms with van der Waals surface area (Å²) in [7, 11) is 5.92. The van der Waals surface area contributed by atoms with Crippen molar-refractivity contribution in [2.24, 2.45) is 18.9 Å². The van der Waals surface area contributed by atoms with Crippen molar-refractivity contribution < 1.29 is 28.2 Å². The lowest BCUT2D eigenvalue weighted by atomic mass is 10.1. The summed E-state index contributed by atoms with van der Waals surface area (Å²) in [6, 6.07) is 3.51. The molecule has 1 saturated carbocycles. The zero-order chi connectivity index (χ0) is 22.3. The van der Waals surface area contributed by atoms with Crippen molar-refractivity contribution in [1.82, 2.24) is 14.5 Å². The number of ether oxygens (including phenoxy) is 3. The largest absolute Gasteiger partial charge is 0.493 e. The Morgan fingerprint density at radius 1 is 1.13 bits per heavy atom. The number of methoxy groups -OCH3 is 3. The summed E-state index contributed by atoms with van der Waals surface area (Å²) >= 11 is 0. The first-order valence-corrected chi connectivity index (χ1v) is 9.50. The SMILES string of the molecule is COC(=O)[C@H]1C[C@@H]1C(=O)Nc1cc2cc(-c3c(OC)ncc(F)c3OC)n(C)c2cn1. The van der Waals surface area contributed by atoms with Gasteiger partial charge in [-0.1, -0.05) is 0 Å². The van der Waals surface area contributed by atoms with Crippen LogP contribution >= 0.6 is 0 Å². The monoisotopic (exact) mass is 428 g/mol. The number of halogens is 1. The van der Waals surface area contributed by atoms with Gasteiger partial charge in [-0.25, -0.2) is 14.4 Å². The van der Waals surface area contributed by atoms with Crippen LogP contribution in [0.15, 0.2) is 24.5 Å². The van der Waals surface area contributed by atoms with Gasteiger partial charge in [0.1, 0.15) is 11.4 Å². The van der Waals surface area contributed by atoms with E-state index < -0.39 is 17.7 Å². The minimum atomic E-state index is -0.612. The zero-order valence-electron chi connectivity index (χ0n) is 17.4. The average Bonchev–Trinajstić information content (AvgIpc) is 3.51. The molecule has 0 bridgehead atoms. The molecule has 10 heteroatoms. The summed E-state index contributed by atoms with van der Waals surface area (Å²) < 4.78 is 31.4. The van der Waals surface area contributed by atoms with Gasteiger partial charge in [0.25, 0.3) is 0 Å². The van der Waals surface area contributed by atoms with Gasteiger partial charge < -0.3 is 24.1 Å². The van der Waals surface area contributed by atoms with E-state index in [2.05, 4.69) is 20.0 Å². The molecule has 9 nitrogen and oxygen atoms in total. The summed E-state index contributed by atoms with van der Waals surface area (Å²) in [6.07, 6.45) is 3.10. The first-order chi connectivity index (χ1) is 14.9. The third kappa shape index (κ3) is 3.54. The maximum atomic E-state index is 14.3. The molecule has 1 aliphatic carbocycles. The van der Waals surface area contributed by atoms with Crippen LogP contribution in [0, 0.1) is 17.7 Å². The predicted molar refractivity (Wildman–Crippen MR) is 109 cm³/mol. The van der Waals surface area contributed by atoms with Crippen LogP contribution in [0.4, 0.5) is 10.2 Å². The first kappa shape index (κ1) is 20.6. The van der Waals surface area contributed by atoms with Crippen LogP contribution in [0.3, 0.4) is 0 Å². The van der Waals surface area contributed by atoms with Gasteiger partial charge >= 0.3 is 5.97 Å². The topological polar surface area (TPSA) is 105 Å². The Labute approximate surface area is 177 Å². The molecule has 3 aromatic heterocycles. The molecule has 1 fully saturated rings. The average molecular weight is 428 g/mol.